The first-order chi connectivity index (χ1) is 15.4. The monoisotopic (exact) mass is 490 g/mol. The van der Waals surface area contributed by atoms with Crippen molar-refractivity contribution in [2.45, 2.75) is 50.7 Å². The van der Waals surface area contributed by atoms with Crippen LogP contribution in [0.4, 0.5) is 5.00 Å². The van der Waals surface area contributed by atoms with Gasteiger partial charge < -0.3 is 11.1 Å². The van der Waals surface area contributed by atoms with E-state index in [2.05, 4.69) is 10.3 Å². The highest BCUT2D eigenvalue weighted by Crippen LogP contribution is 2.38. The van der Waals surface area contributed by atoms with Gasteiger partial charge in [0.15, 0.2) is 5.16 Å². The van der Waals surface area contributed by atoms with Gasteiger partial charge in [-0.05, 0) is 55.9 Å². The van der Waals surface area contributed by atoms with Crippen LogP contribution < -0.4 is 16.6 Å². The molecule has 0 bridgehead atoms. The van der Waals surface area contributed by atoms with Gasteiger partial charge in [0.25, 0.3) is 11.5 Å². The predicted molar refractivity (Wildman–Crippen MR) is 130 cm³/mol. The average molecular weight is 491 g/mol. The Bertz CT molecular complexity index is 1270. The van der Waals surface area contributed by atoms with Crippen LogP contribution in [0.3, 0.4) is 0 Å². The minimum atomic E-state index is -0.516. The van der Waals surface area contributed by atoms with Crippen molar-refractivity contribution in [1.82, 2.24) is 9.55 Å². The number of amides is 2. The normalized spacial score (nSPS) is 13.2. The third-order valence-corrected chi connectivity index (χ3v) is 7.75. The largest absolute Gasteiger partial charge is 0.365 e. The Balaban J connectivity index is 1.57. The second-order valence-electron chi connectivity index (χ2n) is 7.63. The molecule has 0 atom stereocenters. The summed E-state index contributed by atoms with van der Waals surface area (Å²) in [6, 6.07) is 4.98. The van der Waals surface area contributed by atoms with Gasteiger partial charge in [0.2, 0.25) is 5.91 Å². The third-order valence-electron chi connectivity index (χ3n) is 5.33. The molecule has 1 aromatic carbocycles. The van der Waals surface area contributed by atoms with Crippen LogP contribution in [0.15, 0.2) is 28.2 Å². The number of nitrogens with two attached hydrogens (primary N) is 1. The maximum absolute atomic E-state index is 12.9. The van der Waals surface area contributed by atoms with Crippen LogP contribution in [0, 0.1) is 0 Å². The molecule has 1 aliphatic carbocycles. The lowest BCUT2D eigenvalue weighted by atomic mass is 9.95. The van der Waals surface area contributed by atoms with Crippen molar-refractivity contribution in [3.63, 3.8) is 0 Å². The maximum atomic E-state index is 12.9. The first kappa shape index (κ1) is 22.8. The fourth-order valence-corrected chi connectivity index (χ4v) is 6.21. The molecule has 1 aliphatic rings. The Labute approximate surface area is 198 Å². The van der Waals surface area contributed by atoms with Crippen LogP contribution in [-0.4, -0.2) is 27.1 Å². The summed E-state index contributed by atoms with van der Waals surface area (Å²) in [5, 5.41) is 4.81. The molecule has 0 aliphatic heterocycles. The summed E-state index contributed by atoms with van der Waals surface area (Å²) in [5.41, 5.74) is 7.36. The fraction of sp³-hybridized carbons (Fsp3) is 0.364. The molecule has 4 rings (SSSR count). The molecule has 2 heterocycles. The van der Waals surface area contributed by atoms with Crippen molar-refractivity contribution in [2.24, 2.45) is 5.73 Å². The number of halogens is 1. The van der Waals surface area contributed by atoms with Crippen LogP contribution in [-0.2, 0) is 24.2 Å². The summed E-state index contributed by atoms with van der Waals surface area (Å²) >= 11 is 8.68. The van der Waals surface area contributed by atoms with Crippen molar-refractivity contribution in [2.75, 3.05) is 11.1 Å². The standard InChI is InChI=1S/C22H23ClN4O3S2/c1-2-9-27-21(30)13-8-7-12(23)10-15(13)25-22(27)31-11-17(28)26-20-18(19(24)29)14-5-3-4-6-16(14)32-20/h7-8,10H,2-6,9,11H2,1H3,(H2,24,29)(H,26,28). The molecular formula is C22H23ClN4O3S2. The zero-order valence-electron chi connectivity index (χ0n) is 17.6. The molecule has 7 nitrogen and oxygen atoms in total. The minimum Gasteiger partial charge on any atom is -0.365 e. The molecule has 32 heavy (non-hydrogen) atoms. The van der Waals surface area contributed by atoms with Gasteiger partial charge in [-0.2, -0.15) is 0 Å². The highest BCUT2D eigenvalue weighted by atomic mass is 35.5. The van der Waals surface area contributed by atoms with Crippen molar-refractivity contribution >= 4 is 62.4 Å². The van der Waals surface area contributed by atoms with E-state index >= 15 is 0 Å². The maximum Gasteiger partial charge on any atom is 0.262 e. The number of aryl methyl sites for hydroxylation is 1. The zero-order chi connectivity index (χ0) is 22.8. The number of primary amides is 1. The SMILES string of the molecule is CCCn1c(SCC(=O)Nc2sc3c(c2C(N)=O)CCCC3)nc2cc(Cl)ccc2c1=O. The highest BCUT2D eigenvalue weighted by molar-refractivity contribution is 7.99. The topological polar surface area (TPSA) is 107 Å². The number of anilines is 1. The van der Waals surface area contributed by atoms with Crippen molar-refractivity contribution < 1.29 is 9.59 Å². The van der Waals surface area contributed by atoms with Gasteiger partial charge in [0, 0.05) is 16.4 Å². The molecule has 0 fully saturated rings. The molecule has 2 amide bonds. The lowest BCUT2D eigenvalue weighted by Crippen LogP contribution is -2.24. The van der Waals surface area contributed by atoms with Crippen molar-refractivity contribution in [3.8, 4) is 0 Å². The Kier molecular flexibility index (Phi) is 6.88. The lowest BCUT2D eigenvalue weighted by Gasteiger charge is -2.12. The van der Waals surface area contributed by atoms with Gasteiger partial charge in [-0.1, -0.05) is 30.3 Å². The molecule has 3 aromatic rings. The van der Waals surface area contributed by atoms with Gasteiger partial charge in [0.05, 0.1) is 22.2 Å². The number of benzene rings is 1. The van der Waals surface area contributed by atoms with E-state index in [1.807, 2.05) is 6.92 Å². The highest BCUT2D eigenvalue weighted by Gasteiger charge is 2.25. The molecule has 3 N–H and O–H groups in total. The van der Waals surface area contributed by atoms with Crippen LogP contribution in [0.5, 0.6) is 0 Å². The van der Waals surface area contributed by atoms with Crippen molar-refractivity contribution in [1.29, 1.82) is 0 Å². The number of thiophene rings is 1. The number of hydrogen-bond acceptors (Lipinski definition) is 6. The number of nitrogens with one attached hydrogen (secondary N) is 1. The number of hydrogen-bond donors (Lipinski definition) is 2. The average Bonchev–Trinajstić information content (AvgIpc) is 3.12. The number of aromatic nitrogens is 2. The van der Waals surface area contributed by atoms with E-state index in [-0.39, 0.29) is 17.2 Å². The van der Waals surface area contributed by atoms with E-state index in [4.69, 9.17) is 17.3 Å². The van der Waals surface area contributed by atoms with Crippen molar-refractivity contribution in [3.05, 3.63) is 49.6 Å². The summed E-state index contributed by atoms with van der Waals surface area (Å²) in [4.78, 5) is 43.4. The van der Waals surface area contributed by atoms with E-state index in [0.717, 1.165) is 42.5 Å². The molecule has 0 spiro atoms. The van der Waals surface area contributed by atoms with Gasteiger partial charge in [-0.25, -0.2) is 4.98 Å². The fourth-order valence-electron chi connectivity index (χ4n) is 3.91. The van der Waals surface area contributed by atoms with E-state index in [1.54, 1.807) is 22.8 Å². The number of carbonyl (C=O) groups is 2. The number of rotatable bonds is 7. The summed E-state index contributed by atoms with van der Waals surface area (Å²) in [6.45, 7) is 2.47. The van der Waals surface area contributed by atoms with Crippen LogP contribution >= 0.6 is 34.7 Å². The molecule has 0 saturated heterocycles. The van der Waals surface area contributed by atoms with E-state index in [0.29, 0.717) is 38.2 Å². The van der Waals surface area contributed by atoms with Crippen LogP contribution in [0.1, 0.15) is 47.0 Å². The molecule has 0 radical (unpaired) electrons. The Morgan fingerprint density at radius 2 is 2.09 bits per heavy atom. The molecular weight excluding hydrogens is 468 g/mol. The summed E-state index contributed by atoms with van der Waals surface area (Å²) < 4.78 is 1.59. The van der Waals surface area contributed by atoms with E-state index in [1.165, 1.54) is 23.1 Å². The minimum absolute atomic E-state index is 0.0446. The Morgan fingerprint density at radius 1 is 1.31 bits per heavy atom. The smallest absolute Gasteiger partial charge is 0.262 e. The summed E-state index contributed by atoms with van der Waals surface area (Å²) in [6.07, 6.45) is 4.55. The molecule has 168 valence electrons. The number of thioether (sulfide) groups is 1. The number of carbonyl (C=O) groups excluding carboxylic acids is 2. The second kappa shape index (κ2) is 9.64. The molecule has 10 heteroatoms. The Morgan fingerprint density at radius 3 is 2.84 bits per heavy atom. The molecule has 2 aromatic heterocycles. The second-order valence-corrected chi connectivity index (χ2v) is 10.1. The number of fused-ring (bicyclic) bond motifs is 2. The van der Waals surface area contributed by atoms with Crippen LogP contribution in [0.25, 0.3) is 10.9 Å². The predicted octanol–water partition coefficient (Wildman–Crippen LogP) is 4.23. The number of nitrogens with zero attached hydrogens (tertiary/aromatic N) is 2. The lowest BCUT2D eigenvalue weighted by molar-refractivity contribution is -0.113. The van der Waals surface area contributed by atoms with Gasteiger partial charge >= 0.3 is 0 Å². The molecule has 0 saturated carbocycles. The first-order valence-corrected chi connectivity index (χ1v) is 12.6. The summed E-state index contributed by atoms with van der Waals surface area (Å²) in [5.74, 6) is -0.750. The Hall–Kier alpha value is -2.36. The van der Waals surface area contributed by atoms with Gasteiger partial charge in [-0.3, -0.25) is 19.0 Å². The van der Waals surface area contributed by atoms with Gasteiger partial charge in [-0.15, -0.1) is 11.3 Å². The zero-order valence-corrected chi connectivity index (χ0v) is 20.0. The quantitative estimate of drug-likeness (QED) is 0.380. The summed E-state index contributed by atoms with van der Waals surface area (Å²) in [7, 11) is 0. The van der Waals surface area contributed by atoms with E-state index < -0.39 is 5.91 Å². The molecule has 0 unspecified atom stereocenters. The van der Waals surface area contributed by atoms with Gasteiger partial charge in [0.1, 0.15) is 5.00 Å². The van der Waals surface area contributed by atoms with E-state index in [9.17, 15) is 14.4 Å². The first-order valence-electron chi connectivity index (χ1n) is 10.5. The van der Waals surface area contributed by atoms with Crippen LogP contribution in [0.2, 0.25) is 5.02 Å². The third kappa shape index (κ3) is 4.55.